The van der Waals surface area contributed by atoms with Gasteiger partial charge in [0.15, 0.2) is 6.29 Å². The second-order valence-corrected chi connectivity index (χ2v) is 2.34. The van der Waals surface area contributed by atoms with E-state index in [1.165, 1.54) is 6.07 Å². The summed E-state index contributed by atoms with van der Waals surface area (Å²) in [6, 6.07) is 2.41. The van der Waals surface area contributed by atoms with E-state index < -0.39 is 5.82 Å². The molecule has 11 heavy (non-hydrogen) atoms. The Morgan fingerprint density at radius 3 is 2.73 bits per heavy atom. The Morgan fingerprint density at radius 1 is 1.55 bits per heavy atom. The zero-order valence-corrected chi connectivity index (χ0v) is 6.10. The van der Waals surface area contributed by atoms with E-state index in [2.05, 4.69) is 0 Å². The van der Waals surface area contributed by atoms with Crippen molar-refractivity contribution < 1.29 is 9.18 Å². The summed E-state index contributed by atoms with van der Waals surface area (Å²) in [5.41, 5.74) is 6.61. The second-order valence-electron chi connectivity index (χ2n) is 2.34. The molecule has 0 aliphatic rings. The van der Waals surface area contributed by atoms with Gasteiger partial charge in [0, 0.05) is 11.3 Å². The zero-order chi connectivity index (χ0) is 8.43. The minimum Gasteiger partial charge on any atom is -0.398 e. The first-order valence-corrected chi connectivity index (χ1v) is 3.16. The summed E-state index contributed by atoms with van der Waals surface area (Å²) in [7, 11) is 0. The number of nitrogen functional groups attached to an aromatic ring is 1. The number of hydrogen-bond acceptors (Lipinski definition) is 2. The first-order chi connectivity index (χ1) is 5.15. The van der Waals surface area contributed by atoms with Crippen molar-refractivity contribution in [3.05, 3.63) is 29.1 Å². The zero-order valence-electron chi connectivity index (χ0n) is 6.10. The lowest BCUT2D eigenvalue weighted by molar-refractivity contribution is 0.112. The number of aryl methyl sites for hydroxylation is 1. The Balaban J connectivity index is 3.35. The van der Waals surface area contributed by atoms with Crippen molar-refractivity contribution in [1.29, 1.82) is 0 Å². The SMILES string of the molecule is Cc1cc(F)cc(C=O)c1N. The van der Waals surface area contributed by atoms with Crippen molar-refractivity contribution in [1.82, 2.24) is 0 Å². The van der Waals surface area contributed by atoms with Crippen molar-refractivity contribution in [2.24, 2.45) is 0 Å². The van der Waals surface area contributed by atoms with E-state index in [1.807, 2.05) is 0 Å². The summed E-state index contributed by atoms with van der Waals surface area (Å²) in [6.45, 7) is 1.66. The third kappa shape index (κ3) is 1.37. The van der Waals surface area contributed by atoms with Gasteiger partial charge in [0.05, 0.1) is 0 Å². The average Bonchev–Trinajstić information content (AvgIpc) is 1.96. The molecule has 0 radical (unpaired) electrons. The number of aldehydes is 1. The Bertz CT molecular complexity index is 296. The van der Waals surface area contributed by atoms with Crippen LogP contribution in [0.3, 0.4) is 0 Å². The minimum atomic E-state index is -0.432. The Labute approximate surface area is 63.8 Å². The fraction of sp³-hybridized carbons (Fsp3) is 0.125. The molecule has 58 valence electrons. The molecule has 0 saturated heterocycles. The van der Waals surface area contributed by atoms with Gasteiger partial charge in [0.2, 0.25) is 0 Å². The lowest BCUT2D eigenvalue weighted by Gasteiger charge is -2.01. The molecule has 0 spiro atoms. The van der Waals surface area contributed by atoms with Crippen molar-refractivity contribution >= 4 is 12.0 Å². The molecule has 1 aromatic carbocycles. The smallest absolute Gasteiger partial charge is 0.152 e. The largest absolute Gasteiger partial charge is 0.398 e. The van der Waals surface area contributed by atoms with E-state index in [0.29, 0.717) is 17.5 Å². The van der Waals surface area contributed by atoms with Gasteiger partial charge in [-0.15, -0.1) is 0 Å². The molecule has 0 bridgehead atoms. The maximum Gasteiger partial charge on any atom is 0.152 e. The quantitative estimate of drug-likeness (QED) is 0.491. The molecule has 0 amide bonds. The van der Waals surface area contributed by atoms with Gasteiger partial charge in [0.25, 0.3) is 0 Å². The van der Waals surface area contributed by atoms with E-state index in [4.69, 9.17) is 5.73 Å². The van der Waals surface area contributed by atoms with Crippen LogP contribution in [0.2, 0.25) is 0 Å². The van der Waals surface area contributed by atoms with E-state index in [9.17, 15) is 9.18 Å². The fourth-order valence-electron chi connectivity index (χ4n) is 0.878. The Kier molecular flexibility index (Phi) is 1.89. The van der Waals surface area contributed by atoms with E-state index in [1.54, 1.807) is 6.92 Å². The molecule has 0 aliphatic carbocycles. The Morgan fingerprint density at radius 2 is 2.18 bits per heavy atom. The molecule has 0 aromatic heterocycles. The normalized spacial score (nSPS) is 9.64. The predicted molar refractivity (Wildman–Crippen MR) is 40.9 cm³/mol. The van der Waals surface area contributed by atoms with Crippen LogP contribution >= 0.6 is 0 Å². The number of benzene rings is 1. The number of anilines is 1. The number of rotatable bonds is 1. The topological polar surface area (TPSA) is 43.1 Å². The lowest BCUT2D eigenvalue weighted by Crippen LogP contribution is -1.97. The highest BCUT2D eigenvalue weighted by Crippen LogP contribution is 2.16. The van der Waals surface area contributed by atoms with E-state index in [-0.39, 0.29) is 5.56 Å². The van der Waals surface area contributed by atoms with Crippen LogP contribution in [0.1, 0.15) is 15.9 Å². The lowest BCUT2D eigenvalue weighted by atomic mass is 10.1. The van der Waals surface area contributed by atoms with Crippen molar-refractivity contribution in [2.75, 3.05) is 5.73 Å². The molecule has 0 unspecified atom stereocenters. The number of nitrogens with two attached hydrogens (primary N) is 1. The van der Waals surface area contributed by atoms with Gasteiger partial charge in [-0.05, 0) is 24.6 Å². The van der Waals surface area contributed by atoms with Crippen LogP contribution in [0, 0.1) is 12.7 Å². The highest BCUT2D eigenvalue weighted by molar-refractivity contribution is 5.84. The summed E-state index contributed by atoms with van der Waals surface area (Å²) in [5, 5.41) is 0. The van der Waals surface area contributed by atoms with Crippen molar-refractivity contribution in [2.45, 2.75) is 6.92 Å². The predicted octanol–water partition coefficient (Wildman–Crippen LogP) is 1.53. The molecule has 0 fully saturated rings. The standard InChI is InChI=1S/C8H8FNO/c1-5-2-7(9)3-6(4-11)8(5)10/h2-4H,10H2,1H3. The van der Waals surface area contributed by atoms with E-state index >= 15 is 0 Å². The summed E-state index contributed by atoms with van der Waals surface area (Å²) >= 11 is 0. The Hall–Kier alpha value is -1.38. The summed E-state index contributed by atoms with van der Waals surface area (Å²) in [6.07, 6.45) is 0.547. The van der Waals surface area contributed by atoms with Gasteiger partial charge >= 0.3 is 0 Å². The molecular weight excluding hydrogens is 145 g/mol. The van der Waals surface area contributed by atoms with Crippen molar-refractivity contribution in [3.63, 3.8) is 0 Å². The number of carbonyl (C=O) groups excluding carboxylic acids is 1. The highest BCUT2D eigenvalue weighted by atomic mass is 19.1. The molecular formula is C8H8FNO. The van der Waals surface area contributed by atoms with Gasteiger partial charge in [-0.3, -0.25) is 4.79 Å². The third-order valence-electron chi connectivity index (χ3n) is 1.51. The van der Waals surface area contributed by atoms with Gasteiger partial charge in [-0.25, -0.2) is 4.39 Å². The van der Waals surface area contributed by atoms with Crippen LogP contribution in [0.5, 0.6) is 0 Å². The molecule has 0 aliphatic heterocycles. The van der Waals surface area contributed by atoms with Crippen LogP contribution in [-0.2, 0) is 0 Å². The van der Waals surface area contributed by atoms with Crippen LogP contribution < -0.4 is 5.73 Å². The fourth-order valence-corrected chi connectivity index (χ4v) is 0.878. The van der Waals surface area contributed by atoms with Crippen molar-refractivity contribution in [3.8, 4) is 0 Å². The van der Waals surface area contributed by atoms with Gasteiger partial charge in [0.1, 0.15) is 5.82 Å². The third-order valence-corrected chi connectivity index (χ3v) is 1.51. The minimum absolute atomic E-state index is 0.211. The molecule has 1 rings (SSSR count). The van der Waals surface area contributed by atoms with Gasteiger partial charge in [-0.2, -0.15) is 0 Å². The number of halogens is 1. The first kappa shape index (κ1) is 7.72. The van der Waals surface area contributed by atoms with Crippen LogP contribution in [-0.4, -0.2) is 6.29 Å². The summed E-state index contributed by atoms with van der Waals surface area (Å²) < 4.78 is 12.6. The molecule has 2 N–H and O–H groups in total. The summed E-state index contributed by atoms with van der Waals surface area (Å²) in [5.74, 6) is -0.432. The molecule has 2 nitrogen and oxygen atoms in total. The maximum atomic E-state index is 12.6. The van der Waals surface area contributed by atoms with E-state index in [0.717, 1.165) is 6.07 Å². The monoisotopic (exact) mass is 153 g/mol. The van der Waals surface area contributed by atoms with Gasteiger partial charge < -0.3 is 5.73 Å². The van der Waals surface area contributed by atoms with Gasteiger partial charge in [-0.1, -0.05) is 0 Å². The number of carbonyl (C=O) groups is 1. The molecule has 3 heteroatoms. The molecule has 0 saturated carbocycles. The number of hydrogen-bond donors (Lipinski definition) is 1. The molecule has 0 heterocycles. The van der Waals surface area contributed by atoms with Crippen LogP contribution in [0.15, 0.2) is 12.1 Å². The van der Waals surface area contributed by atoms with Crippen LogP contribution in [0.4, 0.5) is 10.1 Å². The molecule has 0 atom stereocenters. The first-order valence-electron chi connectivity index (χ1n) is 3.16. The average molecular weight is 153 g/mol. The summed E-state index contributed by atoms with van der Waals surface area (Å²) in [4.78, 5) is 10.3. The molecule has 1 aromatic rings. The van der Waals surface area contributed by atoms with Crippen LogP contribution in [0.25, 0.3) is 0 Å². The second kappa shape index (κ2) is 2.70. The highest BCUT2D eigenvalue weighted by Gasteiger charge is 2.02. The maximum absolute atomic E-state index is 12.6.